The molecule has 2 aliphatic rings. The second-order valence-electron chi connectivity index (χ2n) is 5.84. The van der Waals surface area contributed by atoms with E-state index in [9.17, 15) is 4.79 Å². The van der Waals surface area contributed by atoms with Crippen molar-refractivity contribution in [3.8, 4) is 0 Å². The van der Waals surface area contributed by atoms with E-state index < -0.39 is 0 Å². The van der Waals surface area contributed by atoms with Crippen molar-refractivity contribution in [2.24, 2.45) is 5.92 Å². The predicted molar refractivity (Wildman–Crippen MR) is 76.0 cm³/mol. The number of hydrogen-bond donors (Lipinski definition) is 1. The summed E-state index contributed by atoms with van der Waals surface area (Å²) in [4.78, 5) is 14.4. The molecule has 0 aromatic carbocycles. The van der Waals surface area contributed by atoms with Gasteiger partial charge < -0.3 is 10.1 Å². The summed E-state index contributed by atoms with van der Waals surface area (Å²) in [6, 6.07) is 0.522. The van der Waals surface area contributed by atoms with E-state index in [1.54, 1.807) is 0 Å². The zero-order chi connectivity index (χ0) is 13.7. The number of rotatable bonds is 5. The lowest BCUT2D eigenvalue weighted by atomic mass is 9.78. The number of hydrogen-bond acceptors (Lipinski definition) is 4. The minimum atomic E-state index is -0.180. The Morgan fingerprint density at radius 1 is 1.32 bits per heavy atom. The standard InChI is InChI=1S/C15H28N2O2/c1-3-19-15(18)13(16-2)11-17-10-6-8-12-7-4-5-9-14(12)17/h12-14,16H,3-11H2,1-2H3. The lowest BCUT2D eigenvalue weighted by Crippen LogP contribution is -2.53. The Kier molecular flexibility index (Phi) is 5.64. The number of carbonyl (C=O) groups is 1. The molecule has 0 radical (unpaired) electrons. The van der Waals surface area contributed by atoms with Crippen LogP contribution in [0.5, 0.6) is 0 Å². The lowest BCUT2D eigenvalue weighted by Gasteiger charge is -2.45. The van der Waals surface area contributed by atoms with Gasteiger partial charge in [0.25, 0.3) is 0 Å². The van der Waals surface area contributed by atoms with Gasteiger partial charge in [-0.1, -0.05) is 12.8 Å². The van der Waals surface area contributed by atoms with Crippen LogP contribution in [0.1, 0.15) is 45.4 Å². The van der Waals surface area contributed by atoms with Crippen molar-refractivity contribution in [1.82, 2.24) is 10.2 Å². The van der Waals surface area contributed by atoms with Crippen LogP contribution in [0.4, 0.5) is 0 Å². The summed E-state index contributed by atoms with van der Waals surface area (Å²) < 4.78 is 5.14. The summed E-state index contributed by atoms with van der Waals surface area (Å²) in [5, 5.41) is 3.11. The molecule has 2 rings (SSSR count). The zero-order valence-electron chi connectivity index (χ0n) is 12.4. The Morgan fingerprint density at radius 2 is 2.05 bits per heavy atom. The van der Waals surface area contributed by atoms with Crippen molar-refractivity contribution >= 4 is 5.97 Å². The second-order valence-corrected chi connectivity index (χ2v) is 5.84. The molecule has 4 nitrogen and oxygen atoms in total. The Balaban J connectivity index is 1.93. The fourth-order valence-corrected chi connectivity index (χ4v) is 3.72. The molecule has 110 valence electrons. The van der Waals surface area contributed by atoms with Crippen LogP contribution >= 0.6 is 0 Å². The molecule has 0 spiro atoms. The van der Waals surface area contributed by atoms with E-state index in [2.05, 4.69) is 10.2 Å². The van der Waals surface area contributed by atoms with Crippen LogP contribution in [0.15, 0.2) is 0 Å². The third kappa shape index (κ3) is 3.69. The van der Waals surface area contributed by atoms with Crippen LogP contribution in [0, 0.1) is 5.92 Å². The molecule has 1 saturated carbocycles. The molecule has 0 aromatic heterocycles. The Bertz CT molecular complexity index is 294. The fourth-order valence-electron chi connectivity index (χ4n) is 3.72. The third-order valence-electron chi connectivity index (χ3n) is 4.69. The molecule has 3 unspecified atom stereocenters. The van der Waals surface area contributed by atoms with Gasteiger partial charge in [0.1, 0.15) is 6.04 Å². The summed E-state index contributed by atoms with van der Waals surface area (Å²) in [6.07, 6.45) is 8.09. The van der Waals surface area contributed by atoms with Crippen molar-refractivity contribution in [1.29, 1.82) is 0 Å². The normalized spacial score (nSPS) is 29.6. The van der Waals surface area contributed by atoms with Crippen LogP contribution in [-0.2, 0) is 9.53 Å². The van der Waals surface area contributed by atoms with Crippen molar-refractivity contribution in [2.45, 2.75) is 57.5 Å². The highest BCUT2D eigenvalue weighted by Gasteiger charge is 2.35. The maximum Gasteiger partial charge on any atom is 0.324 e. The Morgan fingerprint density at radius 3 is 2.79 bits per heavy atom. The molecule has 1 aliphatic carbocycles. The molecule has 0 aromatic rings. The molecule has 4 heteroatoms. The van der Waals surface area contributed by atoms with Gasteiger partial charge >= 0.3 is 5.97 Å². The number of piperidine rings is 1. The summed E-state index contributed by atoms with van der Waals surface area (Å²) >= 11 is 0. The van der Waals surface area contributed by atoms with Crippen LogP contribution in [0.25, 0.3) is 0 Å². The molecule has 3 atom stereocenters. The highest BCUT2D eigenvalue weighted by Crippen LogP contribution is 2.35. The maximum atomic E-state index is 11.9. The van der Waals surface area contributed by atoms with E-state index in [4.69, 9.17) is 4.74 Å². The summed E-state index contributed by atoms with van der Waals surface area (Å²) in [5.74, 6) is 0.755. The average Bonchev–Trinajstić information content (AvgIpc) is 2.45. The molecular formula is C15H28N2O2. The first-order chi connectivity index (χ1) is 9.26. The van der Waals surface area contributed by atoms with E-state index in [1.165, 1.54) is 38.5 Å². The average molecular weight is 268 g/mol. The first-order valence-corrected chi connectivity index (χ1v) is 7.84. The minimum Gasteiger partial charge on any atom is -0.465 e. The second kappa shape index (κ2) is 7.25. The third-order valence-corrected chi connectivity index (χ3v) is 4.69. The van der Waals surface area contributed by atoms with E-state index in [0.717, 1.165) is 19.0 Å². The number of esters is 1. The Labute approximate surface area is 116 Å². The summed E-state index contributed by atoms with van der Waals surface area (Å²) in [7, 11) is 1.85. The Hall–Kier alpha value is -0.610. The summed E-state index contributed by atoms with van der Waals surface area (Å²) in [6.45, 7) is 4.26. The van der Waals surface area contributed by atoms with Gasteiger partial charge in [0.05, 0.1) is 6.61 Å². The highest BCUT2D eigenvalue weighted by atomic mass is 16.5. The maximum absolute atomic E-state index is 11.9. The van der Waals surface area contributed by atoms with E-state index >= 15 is 0 Å². The number of likely N-dealkylation sites (tertiary alicyclic amines) is 1. The van der Waals surface area contributed by atoms with Crippen LogP contribution in [0.3, 0.4) is 0 Å². The van der Waals surface area contributed by atoms with E-state index in [1.807, 2.05) is 14.0 Å². The monoisotopic (exact) mass is 268 g/mol. The van der Waals surface area contributed by atoms with Crippen LogP contribution < -0.4 is 5.32 Å². The van der Waals surface area contributed by atoms with Crippen molar-refractivity contribution in [3.63, 3.8) is 0 Å². The van der Waals surface area contributed by atoms with Crippen LogP contribution in [0.2, 0.25) is 0 Å². The van der Waals surface area contributed by atoms with Gasteiger partial charge in [0.2, 0.25) is 0 Å². The number of likely N-dealkylation sites (N-methyl/N-ethyl adjacent to an activating group) is 1. The molecule has 2 fully saturated rings. The first kappa shape index (κ1) is 14.8. The van der Waals surface area contributed by atoms with Gasteiger partial charge in [-0.25, -0.2) is 0 Å². The molecular weight excluding hydrogens is 240 g/mol. The molecule has 1 aliphatic heterocycles. The van der Waals surface area contributed by atoms with Gasteiger partial charge in [-0.2, -0.15) is 0 Å². The smallest absolute Gasteiger partial charge is 0.324 e. The molecule has 0 amide bonds. The van der Waals surface area contributed by atoms with Gasteiger partial charge in [0.15, 0.2) is 0 Å². The molecule has 1 N–H and O–H groups in total. The van der Waals surface area contributed by atoms with Gasteiger partial charge in [-0.05, 0) is 52.1 Å². The van der Waals surface area contributed by atoms with E-state index in [-0.39, 0.29) is 12.0 Å². The SMILES string of the molecule is CCOC(=O)C(CN1CCCC2CCCCC21)NC. The lowest BCUT2D eigenvalue weighted by molar-refractivity contribution is -0.146. The summed E-state index contributed by atoms with van der Waals surface area (Å²) in [5.41, 5.74) is 0. The number of nitrogens with zero attached hydrogens (tertiary/aromatic N) is 1. The fraction of sp³-hybridized carbons (Fsp3) is 0.933. The molecule has 1 saturated heterocycles. The quantitative estimate of drug-likeness (QED) is 0.772. The van der Waals surface area contributed by atoms with Crippen molar-refractivity contribution in [2.75, 3.05) is 26.7 Å². The minimum absolute atomic E-state index is 0.108. The van der Waals surface area contributed by atoms with Gasteiger partial charge in [0, 0.05) is 12.6 Å². The topological polar surface area (TPSA) is 41.6 Å². The number of ether oxygens (including phenoxy) is 1. The number of fused-ring (bicyclic) bond motifs is 1. The first-order valence-electron chi connectivity index (χ1n) is 7.84. The van der Waals surface area contributed by atoms with E-state index in [0.29, 0.717) is 12.6 Å². The molecule has 0 bridgehead atoms. The zero-order valence-corrected chi connectivity index (χ0v) is 12.4. The highest BCUT2D eigenvalue weighted by molar-refractivity contribution is 5.76. The van der Waals surface area contributed by atoms with Gasteiger partial charge in [-0.15, -0.1) is 0 Å². The number of carbonyl (C=O) groups excluding carboxylic acids is 1. The van der Waals surface area contributed by atoms with Crippen LogP contribution in [-0.4, -0.2) is 49.7 Å². The van der Waals surface area contributed by atoms with Crippen molar-refractivity contribution < 1.29 is 9.53 Å². The number of nitrogens with one attached hydrogen (secondary N) is 1. The van der Waals surface area contributed by atoms with Crippen molar-refractivity contribution in [3.05, 3.63) is 0 Å². The largest absolute Gasteiger partial charge is 0.465 e. The predicted octanol–water partition coefficient (Wildman–Crippen LogP) is 1.79. The molecule has 19 heavy (non-hydrogen) atoms. The molecule has 1 heterocycles. The van der Waals surface area contributed by atoms with Gasteiger partial charge in [-0.3, -0.25) is 9.69 Å².